The van der Waals surface area contributed by atoms with Crippen molar-refractivity contribution in [3.05, 3.63) is 47.0 Å². The van der Waals surface area contributed by atoms with Gasteiger partial charge in [-0.15, -0.1) is 0 Å². The fraction of sp³-hybridized carbons (Fsp3) is 0.294. The number of hydrogen-bond donors (Lipinski definition) is 1. The third-order valence-corrected chi connectivity index (χ3v) is 4.24. The number of nitrogens with zero attached hydrogens (tertiary/aromatic N) is 1. The minimum atomic E-state index is 0.391. The van der Waals surface area contributed by atoms with Crippen LogP contribution in [0.2, 0.25) is 5.02 Å². The first-order valence-electron chi connectivity index (χ1n) is 7.62. The topological polar surface area (TPSA) is 43.0 Å². The van der Waals surface area contributed by atoms with Crippen molar-refractivity contribution in [1.82, 2.24) is 0 Å². The van der Waals surface area contributed by atoms with E-state index >= 15 is 0 Å². The lowest BCUT2D eigenvalue weighted by Crippen LogP contribution is -2.32. The summed E-state index contributed by atoms with van der Waals surface area (Å²) in [6, 6.07) is 11.7. The number of anilines is 2. The monoisotopic (exact) mass is 332 g/mol. The first kappa shape index (κ1) is 14.5. The second-order valence-corrected chi connectivity index (χ2v) is 5.81. The molecule has 5 nitrogen and oxygen atoms in total. The first-order chi connectivity index (χ1) is 11.3. The van der Waals surface area contributed by atoms with E-state index in [0.29, 0.717) is 31.4 Å². The molecular formula is C17H17ClN2O3. The highest BCUT2D eigenvalue weighted by Gasteiger charge is 2.19. The van der Waals surface area contributed by atoms with Crippen LogP contribution >= 0.6 is 11.6 Å². The predicted molar refractivity (Wildman–Crippen MR) is 89.5 cm³/mol. The SMILES string of the molecule is Clc1cc2c(cc1CON1CCOc3ccccc31)NCCO2. The molecule has 0 unspecified atom stereocenters. The summed E-state index contributed by atoms with van der Waals surface area (Å²) in [6.45, 7) is 3.13. The predicted octanol–water partition coefficient (Wildman–Crippen LogP) is 3.47. The molecule has 0 radical (unpaired) electrons. The standard InChI is InChI=1S/C17H17ClN2O3/c18-13-10-17-14(19-5-7-21-17)9-12(13)11-23-20-6-8-22-16-4-2-1-3-15(16)20/h1-4,9-10,19H,5-8,11H2. The Morgan fingerprint density at radius 3 is 2.96 bits per heavy atom. The molecule has 2 aliphatic heterocycles. The number of benzene rings is 2. The molecule has 0 bridgehead atoms. The summed E-state index contributed by atoms with van der Waals surface area (Å²) in [4.78, 5) is 5.97. The molecule has 0 amide bonds. The Balaban J connectivity index is 1.52. The lowest BCUT2D eigenvalue weighted by Gasteiger charge is -2.30. The van der Waals surface area contributed by atoms with E-state index < -0.39 is 0 Å². The first-order valence-corrected chi connectivity index (χ1v) is 8.00. The molecule has 120 valence electrons. The molecule has 6 heteroatoms. The molecule has 1 N–H and O–H groups in total. The van der Waals surface area contributed by atoms with E-state index in [0.717, 1.165) is 35.0 Å². The van der Waals surface area contributed by atoms with Crippen molar-refractivity contribution < 1.29 is 14.3 Å². The third-order valence-electron chi connectivity index (χ3n) is 3.89. The molecule has 0 saturated heterocycles. The van der Waals surface area contributed by atoms with Crippen molar-refractivity contribution in [1.29, 1.82) is 0 Å². The van der Waals surface area contributed by atoms with Gasteiger partial charge in [0.25, 0.3) is 0 Å². The van der Waals surface area contributed by atoms with E-state index in [4.69, 9.17) is 25.9 Å². The molecule has 2 aliphatic rings. The lowest BCUT2D eigenvalue weighted by atomic mass is 10.2. The maximum Gasteiger partial charge on any atom is 0.145 e. The number of hydroxylamine groups is 1. The van der Waals surface area contributed by atoms with Gasteiger partial charge in [0.1, 0.15) is 37.0 Å². The molecule has 0 aliphatic carbocycles. The highest BCUT2D eigenvalue weighted by Crippen LogP contribution is 2.35. The van der Waals surface area contributed by atoms with E-state index in [9.17, 15) is 0 Å². The number of halogens is 1. The minimum absolute atomic E-state index is 0.391. The molecule has 2 aromatic rings. The van der Waals surface area contributed by atoms with Crippen molar-refractivity contribution in [2.75, 3.05) is 36.7 Å². The van der Waals surface area contributed by atoms with E-state index in [2.05, 4.69) is 5.32 Å². The molecule has 0 saturated carbocycles. The zero-order valence-corrected chi connectivity index (χ0v) is 13.3. The summed E-state index contributed by atoms with van der Waals surface area (Å²) < 4.78 is 11.2. The van der Waals surface area contributed by atoms with Gasteiger partial charge in [-0.1, -0.05) is 23.7 Å². The smallest absolute Gasteiger partial charge is 0.145 e. The maximum atomic E-state index is 6.35. The van der Waals surface area contributed by atoms with Gasteiger partial charge in [0.2, 0.25) is 0 Å². The van der Waals surface area contributed by atoms with Crippen LogP contribution in [0.15, 0.2) is 36.4 Å². The Kier molecular flexibility index (Phi) is 3.89. The van der Waals surface area contributed by atoms with Crippen LogP contribution in [-0.4, -0.2) is 26.3 Å². The van der Waals surface area contributed by atoms with Crippen LogP contribution in [0.3, 0.4) is 0 Å². The molecule has 23 heavy (non-hydrogen) atoms. The van der Waals surface area contributed by atoms with Crippen LogP contribution in [0, 0.1) is 0 Å². The normalized spacial score (nSPS) is 15.8. The molecule has 4 rings (SSSR count). The molecule has 2 aromatic carbocycles. The second kappa shape index (κ2) is 6.18. The van der Waals surface area contributed by atoms with Crippen molar-refractivity contribution in [3.63, 3.8) is 0 Å². The Bertz CT molecular complexity index is 723. The largest absolute Gasteiger partial charge is 0.490 e. The van der Waals surface area contributed by atoms with Crippen LogP contribution in [-0.2, 0) is 11.4 Å². The quantitative estimate of drug-likeness (QED) is 0.932. The Hall–Kier alpha value is -2.11. The fourth-order valence-electron chi connectivity index (χ4n) is 2.74. The van der Waals surface area contributed by atoms with Gasteiger partial charge in [-0.2, -0.15) is 0 Å². The number of ether oxygens (including phenoxy) is 2. The van der Waals surface area contributed by atoms with Gasteiger partial charge in [-0.3, -0.25) is 4.84 Å². The number of fused-ring (bicyclic) bond motifs is 2. The Labute approximate surface area is 139 Å². The van der Waals surface area contributed by atoms with Crippen molar-refractivity contribution >= 4 is 23.0 Å². The van der Waals surface area contributed by atoms with E-state index in [-0.39, 0.29) is 0 Å². The zero-order chi connectivity index (χ0) is 15.6. The van der Waals surface area contributed by atoms with Gasteiger partial charge < -0.3 is 14.8 Å². The minimum Gasteiger partial charge on any atom is -0.490 e. The average Bonchev–Trinajstić information content (AvgIpc) is 2.60. The van der Waals surface area contributed by atoms with Crippen molar-refractivity contribution in [3.8, 4) is 11.5 Å². The summed E-state index contributed by atoms with van der Waals surface area (Å²) >= 11 is 6.35. The van der Waals surface area contributed by atoms with Crippen molar-refractivity contribution in [2.45, 2.75) is 6.61 Å². The van der Waals surface area contributed by atoms with Crippen LogP contribution in [0.1, 0.15) is 5.56 Å². The zero-order valence-electron chi connectivity index (χ0n) is 12.5. The van der Waals surface area contributed by atoms with Crippen LogP contribution in [0.25, 0.3) is 0 Å². The molecular weight excluding hydrogens is 316 g/mol. The van der Waals surface area contributed by atoms with E-state index in [1.165, 1.54) is 0 Å². The summed E-state index contributed by atoms with van der Waals surface area (Å²) in [5, 5.41) is 5.82. The number of rotatable bonds is 3. The summed E-state index contributed by atoms with van der Waals surface area (Å²) in [5.74, 6) is 1.63. The van der Waals surface area contributed by atoms with Gasteiger partial charge in [0.05, 0.1) is 17.3 Å². The van der Waals surface area contributed by atoms with Crippen molar-refractivity contribution in [2.24, 2.45) is 0 Å². The number of nitrogens with one attached hydrogen (secondary N) is 1. The van der Waals surface area contributed by atoms with E-state index in [1.54, 1.807) is 0 Å². The Morgan fingerprint density at radius 2 is 2.00 bits per heavy atom. The molecule has 0 spiro atoms. The molecule has 2 heterocycles. The highest BCUT2D eigenvalue weighted by atomic mass is 35.5. The van der Waals surface area contributed by atoms with Crippen LogP contribution in [0.5, 0.6) is 11.5 Å². The number of hydrogen-bond acceptors (Lipinski definition) is 5. The van der Waals surface area contributed by atoms with Crippen LogP contribution in [0.4, 0.5) is 11.4 Å². The molecule has 0 fully saturated rings. The van der Waals surface area contributed by atoms with Gasteiger partial charge in [-0.25, -0.2) is 5.06 Å². The van der Waals surface area contributed by atoms with Crippen LogP contribution < -0.4 is 19.9 Å². The summed E-state index contributed by atoms with van der Waals surface area (Å²) in [5.41, 5.74) is 2.82. The highest BCUT2D eigenvalue weighted by molar-refractivity contribution is 6.31. The number of para-hydroxylation sites is 2. The fourth-order valence-corrected chi connectivity index (χ4v) is 2.95. The van der Waals surface area contributed by atoms with Gasteiger partial charge in [0, 0.05) is 18.2 Å². The third kappa shape index (κ3) is 2.90. The summed E-state index contributed by atoms with van der Waals surface area (Å²) in [6.07, 6.45) is 0. The molecule has 0 atom stereocenters. The second-order valence-electron chi connectivity index (χ2n) is 5.41. The average molecular weight is 333 g/mol. The summed E-state index contributed by atoms with van der Waals surface area (Å²) in [7, 11) is 0. The lowest BCUT2D eigenvalue weighted by molar-refractivity contribution is 0.0767. The maximum absolute atomic E-state index is 6.35. The van der Waals surface area contributed by atoms with Gasteiger partial charge >= 0.3 is 0 Å². The Morgan fingerprint density at radius 1 is 1.13 bits per heavy atom. The van der Waals surface area contributed by atoms with E-state index in [1.807, 2.05) is 41.5 Å². The molecule has 0 aromatic heterocycles. The van der Waals surface area contributed by atoms with Gasteiger partial charge in [0.15, 0.2) is 0 Å². The van der Waals surface area contributed by atoms with Gasteiger partial charge in [-0.05, 0) is 18.2 Å².